The molecule has 0 amide bonds. The summed E-state index contributed by atoms with van der Waals surface area (Å²) in [4.78, 5) is 15.3. The van der Waals surface area contributed by atoms with Gasteiger partial charge in [0.2, 0.25) is 0 Å². The van der Waals surface area contributed by atoms with Gasteiger partial charge in [0.1, 0.15) is 11.3 Å². The molecule has 1 aliphatic rings. The summed E-state index contributed by atoms with van der Waals surface area (Å²) in [5, 5.41) is 9.70. The number of nitrogens with zero attached hydrogens (tertiary/aromatic N) is 5. The first-order valence-corrected chi connectivity index (χ1v) is 11.7. The van der Waals surface area contributed by atoms with Gasteiger partial charge in [0.25, 0.3) is 0 Å². The molecule has 1 fully saturated rings. The van der Waals surface area contributed by atoms with E-state index < -0.39 is 0 Å². The van der Waals surface area contributed by atoms with Crippen molar-refractivity contribution in [1.29, 1.82) is 0 Å². The Balaban J connectivity index is 1.48. The Hall–Kier alpha value is -3.23. The van der Waals surface area contributed by atoms with Crippen molar-refractivity contribution in [2.75, 3.05) is 34.4 Å². The Bertz CT molecular complexity index is 1370. The van der Waals surface area contributed by atoms with E-state index in [1.807, 2.05) is 28.8 Å². The standard InChI is InChI=1S/C26H31N5O3/c1-29(2)12-5-13-34-20-9-6-17(7-10-20)18-8-11-23-22(14-18)24-25(28-27-23)30(3)26(32)31(24)19-15-21(16-19)33-4/h6-11,14,19,21H,5,12-13,15-16H2,1-4H3. The van der Waals surface area contributed by atoms with E-state index in [1.165, 1.54) is 0 Å². The number of aryl methyl sites for hydroxylation is 1. The molecule has 1 aliphatic carbocycles. The van der Waals surface area contributed by atoms with Gasteiger partial charge < -0.3 is 14.4 Å². The van der Waals surface area contributed by atoms with E-state index in [1.54, 1.807) is 18.7 Å². The molecule has 34 heavy (non-hydrogen) atoms. The fourth-order valence-corrected chi connectivity index (χ4v) is 4.67. The van der Waals surface area contributed by atoms with Crippen molar-refractivity contribution in [2.24, 2.45) is 7.05 Å². The number of imidazole rings is 1. The fraction of sp³-hybridized carbons (Fsp3) is 0.423. The van der Waals surface area contributed by atoms with Crippen LogP contribution in [-0.2, 0) is 11.8 Å². The van der Waals surface area contributed by atoms with Gasteiger partial charge in [-0.25, -0.2) is 4.79 Å². The van der Waals surface area contributed by atoms with E-state index >= 15 is 0 Å². The van der Waals surface area contributed by atoms with Crippen molar-refractivity contribution in [3.05, 3.63) is 52.9 Å². The van der Waals surface area contributed by atoms with E-state index in [0.29, 0.717) is 12.3 Å². The highest BCUT2D eigenvalue weighted by molar-refractivity contribution is 6.02. The van der Waals surface area contributed by atoms with Crippen LogP contribution in [0, 0.1) is 0 Å². The van der Waals surface area contributed by atoms with Crippen LogP contribution in [0.1, 0.15) is 25.3 Å². The third-order valence-corrected chi connectivity index (χ3v) is 6.74. The van der Waals surface area contributed by atoms with Gasteiger partial charge in [-0.15, -0.1) is 10.2 Å². The molecule has 0 spiro atoms. The van der Waals surface area contributed by atoms with E-state index in [-0.39, 0.29) is 17.8 Å². The summed E-state index contributed by atoms with van der Waals surface area (Å²) < 4.78 is 14.8. The lowest BCUT2D eigenvalue weighted by atomic mass is 9.89. The van der Waals surface area contributed by atoms with Crippen LogP contribution in [0.25, 0.3) is 33.2 Å². The molecular formula is C26H31N5O3. The third kappa shape index (κ3) is 4.08. The third-order valence-electron chi connectivity index (χ3n) is 6.74. The van der Waals surface area contributed by atoms with Crippen LogP contribution in [0.2, 0.25) is 0 Å². The van der Waals surface area contributed by atoms with Crippen molar-refractivity contribution in [1.82, 2.24) is 24.2 Å². The van der Waals surface area contributed by atoms with Crippen molar-refractivity contribution >= 4 is 22.1 Å². The van der Waals surface area contributed by atoms with Gasteiger partial charge in [-0.2, -0.15) is 0 Å². The van der Waals surface area contributed by atoms with Crippen LogP contribution in [0.3, 0.4) is 0 Å². The number of benzene rings is 2. The fourth-order valence-electron chi connectivity index (χ4n) is 4.67. The molecule has 2 aromatic heterocycles. The average Bonchev–Trinajstić information content (AvgIpc) is 3.07. The number of aromatic nitrogens is 4. The van der Waals surface area contributed by atoms with Gasteiger partial charge in [0.15, 0.2) is 5.65 Å². The summed E-state index contributed by atoms with van der Waals surface area (Å²) in [6, 6.07) is 14.4. The molecule has 0 bridgehead atoms. The van der Waals surface area contributed by atoms with Gasteiger partial charge in [-0.3, -0.25) is 9.13 Å². The monoisotopic (exact) mass is 461 g/mol. The van der Waals surface area contributed by atoms with Crippen molar-refractivity contribution in [3.8, 4) is 16.9 Å². The zero-order chi connectivity index (χ0) is 23.8. The average molecular weight is 462 g/mol. The van der Waals surface area contributed by atoms with Gasteiger partial charge in [0.05, 0.1) is 18.2 Å². The highest BCUT2D eigenvalue weighted by Gasteiger charge is 2.34. The maximum atomic E-state index is 13.1. The van der Waals surface area contributed by atoms with Crippen molar-refractivity contribution in [3.63, 3.8) is 0 Å². The van der Waals surface area contributed by atoms with Crippen LogP contribution in [0.15, 0.2) is 47.3 Å². The maximum Gasteiger partial charge on any atom is 0.330 e. The lowest BCUT2D eigenvalue weighted by Crippen LogP contribution is -2.37. The first kappa shape index (κ1) is 22.6. The first-order valence-electron chi connectivity index (χ1n) is 11.7. The second kappa shape index (κ2) is 9.19. The Kier molecular flexibility index (Phi) is 6.10. The summed E-state index contributed by atoms with van der Waals surface area (Å²) in [5.74, 6) is 0.867. The van der Waals surface area contributed by atoms with E-state index in [4.69, 9.17) is 9.47 Å². The molecule has 0 N–H and O–H groups in total. The summed E-state index contributed by atoms with van der Waals surface area (Å²) in [6.45, 7) is 1.70. The topological polar surface area (TPSA) is 74.4 Å². The molecule has 0 saturated heterocycles. The van der Waals surface area contributed by atoms with Crippen LogP contribution in [0.5, 0.6) is 5.75 Å². The number of hydrogen-bond acceptors (Lipinski definition) is 6. The summed E-state index contributed by atoms with van der Waals surface area (Å²) in [7, 11) is 7.61. The number of hydrogen-bond donors (Lipinski definition) is 0. The van der Waals surface area contributed by atoms with Gasteiger partial charge >= 0.3 is 5.69 Å². The molecule has 1 saturated carbocycles. The Morgan fingerprint density at radius 3 is 2.50 bits per heavy atom. The summed E-state index contributed by atoms with van der Waals surface area (Å²) >= 11 is 0. The molecule has 8 heteroatoms. The van der Waals surface area contributed by atoms with Gasteiger partial charge in [0, 0.05) is 32.1 Å². The molecule has 2 aromatic carbocycles. The molecule has 0 radical (unpaired) electrons. The summed E-state index contributed by atoms with van der Waals surface area (Å²) in [5.41, 5.74) is 4.32. The maximum absolute atomic E-state index is 13.1. The highest BCUT2D eigenvalue weighted by atomic mass is 16.5. The molecule has 0 atom stereocenters. The molecule has 178 valence electrons. The predicted octanol–water partition coefficient (Wildman–Crippen LogP) is 3.63. The number of fused-ring (bicyclic) bond motifs is 3. The number of methoxy groups -OCH3 is 1. The van der Waals surface area contributed by atoms with Crippen molar-refractivity contribution in [2.45, 2.75) is 31.4 Å². The minimum absolute atomic E-state index is 0.0578. The lowest BCUT2D eigenvalue weighted by molar-refractivity contribution is 0.00635. The quantitative estimate of drug-likeness (QED) is 0.373. The lowest BCUT2D eigenvalue weighted by Gasteiger charge is -2.34. The minimum Gasteiger partial charge on any atom is -0.494 e. The van der Waals surface area contributed by atoms with Crippen LogP contribution >= 0.6 is 0 Å². The van der Waals surface area contributed by atoms with Crippen molar-refractivity contribution < 1.29 is 9.47 Å². The Morgan fingerprint density at radius 1 is 1.06 bits per heavy atom. The van der Waals surface area contributed by atoms with Gasteiger partial charge in [-0.05, 0) is 68.8 Å². The second-order valence-corrected chi connectivity index (χ2v) is 9.33. The van der Waals surface area contributed by atoms with Crippen LogP contribution in [-0.4, -0.2) is 64.7 Å². The van der Waals surface area contributed by atoms with E-state index in [2.05, 4.69) is 47.4 Å². The molecule has 0 unspecified atom stereocenters. The predicted molar refractivity (Wildman–Crippen MR) is 133 cm³/mol. The van der Waals surface area contributed by atoms with E-state index in [9.17, 15) is 4.79 Å². The SMILES string of the molecule is COC1CC(n2c(=O)n(C)c3nnc4ccc(-c5ccc(OCCCN(C)C)cc5)cc4c32)C1. The van der Waals surface area contributed by atoms with Crippen LogP contribution < -0.4 is 10.4 Å². The van der Waals surface area contributed by atoms with Crippen LogP contribution in [0.4, 0.5) is 0 Å². The zero-order valence-electron chi connectivity index (χ0n) is 20.2. The smallest absolute Gasteiger partial charge is 0.330 e. The van der Waals surface area contributed by atoms with Gasteiger partial charge in [-0.1, -0.05) is 18.2 Å². The largest absolute Gasteiger partial charge is 0.494 e. The molecule has 4 aromatic rings. The Labute approximate surface area is 198 Å². The van der Waals surface area contributed by atoms with E-state index in [0.717, 1.165) is 59.1 Å². The normalized spacial score (nSPS) is 18.0. The molecule has 0 aliphatic heterocycles. The summed E-state index contributed by atoms with van der Waals surface area (Å²) in [6.07, 6.45) is 2.85. The number of rotatable bonds is 8. The molecule has 5 rings (SSSR count). The molecular weight excluding hydrogens is 430 g/mol. The minimum atomic E-state index is -0.0578. The number of ether oxygens (including phenoxy) is 2. The Morgan fingerprint density at radius 2 is 1.79 bits per heavy atom. The molecule has 2 heterocycles. The first-order chi connectivity index (χ1) is 16.5. The highest BCUT2D eigenvalue weighted by Crippen LogP contribution is 2.37. The molecule has 8 nitrogen and oxygen atoms in total. The zero-order valence-corrected chi connectivity index (χ0v) is 20.2. The second-order valence-electron chi connectivity index (χ2n) is 9.33.